The van der Waals surface area contributed by atoms with Crippen LogP contribution in [0.2, 0.25) is 0 Å². The quantitative estimate of drug-likeness (QED) is 0.605. The Hall–Kier alpha value is -0.590. The van der Waals surface area contributed by atoms with Crippen molar-refractivity contribution in [1.82, 2.24) is 0 Å². The summed E-state index contributed by atoms with van der Waals surface area (Å²) in [5.74, 6) is 0.237. The largest absolute Gasteiger partial charge is 0.294 e. The van der Waals surface area contributed by atoms with E-state index in [9.17, 15) is 4.79 Å². The average molecular weight is 182 g/mol. The Morgan fingerprint density at radius 3 is 2.23 bits per heavy atom. The normalized spacial score (nSPS) is 13.2. The van der Waals surface area contributed by atoms with Crippen LogP contribution in [0, 0.1) is 5.41 Å². The van der Waals surface area contributed by atoms with E-state index < -0.39 is 0 Å². The van der Waals surface area contributed by atoms with Gasteiger partial charge in [0.05, 0.1) is 0 Å². The van der Waals surface area contributed by atoms with Gasteiger partial charge in [0, 0.05) is 5.41 Å². The molecule has 0 aromatic heterocycles. The van der Waals surface area contributed by atoms with E-state index in [1.54, 1.807) is 6.08 Å². The molecule has 0 radical (unpaired) electrons. The SMILES string of the molecule is CCCC/C(C)=C/C(=O)C(C)(C)C. The third-order valence-electron chi connectivity index (χ3n) is 2.04. The summed E-state index contributed by atoms with van der Waals surface area (Å²) in [5.41, 5.74) is 0.981. The summed E-state index contributed by atoms with van der Waals surface area (Å²) in [6.07, 6.45) is 5.22. The van der Waals surface area contributed by atoms with E-state index in [2.05, 4.69) is 6.92 Å². The van der Waals surface area contributed by atoms with Crippen molar-refractivity contribution in [2.45, 2.75) is 53.9 Å². The van der Waals surface area contributed by atoms with Crippen molar-refractivity contribution in [2.24, 2.45) is 5.41 Å². The zero-order valence-corrected chi connectivity index (χ0v) is 9.61. The lowest BCUT2D eigenvalue weighted by Crippen LogP contribution is -2.17. The molecule has 0 saturated carbocycles. The van der Waals surface area contributed by atoms with Crippen molar-refractivity contribution in [3.05, 3.63) is 11.6 Å². The number of unbranched alkanes of at least 4 members (excludes halogenated alkanes) is 1. The van der Waals surface area contributed by atoms with Crippen LogP contribution in [0.3, 0.4) is 0 Å². The summed E-state index contributed by atoms with van der Waals surface area (Å²) in [6, 6.07) is 0. The van der Waals surface area contributed by atoms with E-state index in [1.807, 2.05) is 27.7 Å². The predicted molar refractivity (Wildman–Crippen MR) is 57.7 cm³/mol. The summed E-state index contributed by atoms with van der Waals surface area (Å²) in [4.78, 5) is 11.6. The second-order valence-electron chi connectivity index (χ2n) is 4.71. The zero-order valence-electron chi connectivity index (χ0n) is 9.61. The van der Waals surface area contributed by atoms with Gasteiger partial charge in [0.2, 0.25) is 0 Å². The minimum Gasteiger partial charge on any atom is -0.294 e. The van der Waals surface area contributed by atoms with Gasteiger partial charge in [-0.1, -0.05) is 39.7 Å². The average Bonchev–Trinajstić information content (AvgIpc) is 1.99. The van der Waals surface area contributed by atoms with Crippen molar-refractivity contribution < 1.29 is 4.79 Å². The molecule has 0 aromatic rings. The van der Waals surface area contributed by atoms with Gasteiger partial charge >= 0.3 is 0 Å². The number of rotatable bonds is 4. The minimum atomic E-state index is -0.229. The van der Waals surface area contributed by atoms with Gasteiger partial charge in [-0.05, 0) is 25.8 Å². The highest BCUT2D eigenvalue weighted by Gasteiger charge is 2.18. The molecular weight excluding hydrogens is 160 g/mol. The molecule has 0 aliphatic heterocycles. The summed E-state index contributed by atoms with van der Waals surface area (Å²) >= 11 is 0. The van der Waals surface area contributed by atoms with Crippen LogP contribution < -0.4 is 0 Å². The monoisotopic (exact) mass is 182 g/mol. The van der Waals surface area contributed by atoms with Crippen LogP contribution in [0.4, 0.5) is 0 Å². The van der Waals surface area contributed by atoms with Crippen molar-refractivity contribution >= 4 is 5.78 Å². The standard InChI is InChI=1S/C12H22O/c1-6-7-8-10(2)9-11(13)12(3,4)5/h9H,6-8H2,1-5H3/b10-9+. The van der Waals surface area contributed by atoms with Crippen LogP contribution in [0.25, 0.3) is 0 Å². The fraction of sp³-hybridized carbons (Fsp3) is 0.750. The zero-order chi connectivity index (χ0) is 10.5. The molecule has 1 heteroatoms. The van der Waals surface area contributed by atoms with Crippen molar-refractivity contribution in [3.63, 3.8) is 0 Å². The maximum atomic E-state index is 11.6. The smallest absolute Gasteiger partial charge is 0.160 e. The first kappa shape index (κ1) is 12.4. The number of allylic oxidation sites excluding steroid dienone is 2. The Balaban J connectivity index is 4.15. The molecule has 0 amide bonds. The second-order valence-corrected chi connectivity index (χ2v) is 4.71. The fourth-order valence-corrected chi connectivity index (χ4v) is 0.968. The molecule has 1 nitrogen and oxygen atoms in total. The van der Waals surface area contributed by atoms with Crippen LogP contribution in [0.5, 0.6) is 0 Å². The Kier molecular flexibility index (Phi) is 4.97. The molecule has 0 spiro atoms. The maximum Gasteiger partial charge on any atom is 0.160 e. The summed E-state index contributed by atoms with van der Waals surface area (Å²) in [7, 11) is 0. The number of hydrogen-bond acceptors (Lipinski definition) is 1. The molecule has 0 unspecified atom stereocenters. The van der Waals surface area contributed by atoms with Crippen LogP contribution >= 0.6 is 0 Å². The van der Waals surface area contributed by atoms with Gasteiger partial charge in [0.25, 0.3) is 0 Å². The van der Waals surface area contributed by atoms with Crippen molar-refractivity contribution in [2.75, 3.05) is 0 Å². The molecule has 0 rings (SSSR count). The van der Waals surface area contributed by atoms with Gasteiger partial charge in [-0.2, -0.15) is 0 Å². The lowest BCUT2D eigenvalue weighted by molar-refractivity contribution is -0.121. The van der Waals surface area contributed by atoms with E-state index in [0.29, 0.717) is 0 Å². The topological polar surface area (TPSA) is 17.1 Å². The lowest BCUT2D eigenvalue weighted by Gasteiger charge is -2.14. The summed E-state index contributed by atoms with van der Waals surface area (Å²) in [5, 5.41) is 0. The second kappa shape index (κ2) is 5.21. The third kappa shape index (κ3) is 5.62. The highest BCUT2D eigenvalue weighted by atomic mass is 16.1. The lowest BCUT2D eigenvalue weighted by atomic mass is 9.89. The molecule has 0 saturated heterocycles. The number of ketones is 1. The summed E-state index contributed by atoms with van der Waals surface area (Å²) in [6.45, 7) is 10.1. The molecule has 0 aromatic carbocycles. The van der Waals surface area contributed by atoms with E-state index >= 15 is 0 Å². The Bertz CT molecular complexity index is 194. The number of hydrogen-bond donors (Lipinski definition) is 0. The van der Waals surface area contributed by atoms with Gasteiger partial charge in [-0.3, -0.25) is 4.79 Å². The maximum absolute atomic E-state index is 11.6. The van der Waals surface area contributed by atoms with Gasteiger partial charge in [0.1, 0.15) is 0 Å². The Labute approximate surface area is 82.2 Å². The van der Waals surface area contributed by atoms with Crippen LogP contribution in [0.15, 0.2) is 11.6 Å². The first-order valence-electron chi connectivity index (χ1n) is 5.09. The third-order valence-corrected chi connectivity index (χ3v) is 2.04. The molecular formula is C12H22O. The molecule has 0 heterocycles. The fourth-order valence-electron chi connectivity index (χ4n) is 0.968. The van der Waals surface area contributed by atoms with E-state index in [1.165, 1.54) is 18.4 Å². The first-order valence-corrected chi connectivity index (χ1v) is 5.09. The first-order chi connectivity index (χ1) is 5.88. The molecule has 0 bridgehead atoms. The molecule has 0 N–H and O–H groups in total. The molecule has 0 fully saturated rings. The van der Waals surface area contributed by atoms with Crippen molar-refractivity contribution in [1.29, 1.82) is 0 Å². The van der Waals surface area contributed by atoms with Gasteiger partial charge in [0.15, 0.2) is 5.78 Å². The molecule has 0 atom stereocenters. The highest BCUT2D eigenvalue weighted by molar-refractivity contribution is 5.94. The Morgan fingerprint density at radius 1 is 1.31 bits per heavy atom. The highest BCUT2D eigenvalue weighted by Crippen LogP contribution is 2.17. The summed E-state index contributed by atoms with van der Waals surface area (Å²) < 4.78 is 0. The van der Waals surface area contributed by atoms with Gasteiger partial charge in [-0.15, -0.1) is 0 Å². The van der Waals surface area contributed by atoms with Gasteiger partial charge in [-0.25, -0.2) is 0 Å². The van der Waals surface area contributed by atoms with E-state index in [4.69, 9.17) is 0 Å². The predicted octanol–water partition coefficient (Wildman–Crippen LogP) is 3.74. The minimum absolute atomic E-state index is 0.229. The van der Waals surface area contributed by atoms with Crippen LogP contribution in [-0.2, 0) is 4.79 Å². The van der Waals surface area contributed by atoms with Crippen molar-refractivity contribution in [3.8, 4) is 0 Å². The van der Waals surface area contributed by atoms with Gasteiger partial charge < -0.3 is 0 Å². The van der Waals surface area contributed by atoms with Crippen LogP contribution in [0.1, 0.15) is 53.9 Å². The van der Waals surface area contributed by atoms with Crippen LogP contribution in [-0.4, -0.2) is 5.78 Å². The molecule has 13 heavy (non-hydrogen) atoms. The number of carbonyl (C=O) groups excluding carboxylic acids is 1. The van der Waals surface area contributed by atoms with E-state index in [-0.39, 0.29) is 11.2 Å². The van der Waals surface area contributed by atoms with E-state index in [0.717, 1.165) is 6.42 Å². The Morgan fingerprint density at radius 2 is 1.85 bits per heavy atom. The number of carbonyl (C=O) groups is 1. The molecule has 0 aliphatic carbocycles. The molecule has 0 aliphatic rings. The molecule has 76 valence electrons.